The van der Waals surface area contributed by atoms with E-state index in [9.17, 15) is 17.6 Å². The highest BCUT2D eigenvalue weighted by atomic mass is 19.4. The van der Waals surface area contributed by atoms with E-state index in [2.05, 4.69) is 5.32 Å². The topological polar surface area (TPSA) is 35.8 Å². The van der Waals surface area contributed by atoms with Crippen LogP contribution in [0.2, 0.25) is 0 Å². The van der Waals surface area contributed by atoms with Gasteiger partial charge in [0, 0.05) is 6.04 Å². The third-order valence-electron chi connectivity index (χ3n) is 2.48. The normalized spacial score (nSPS) is 12.9. The Morgan fingerprint density at radius 2 is 2.06 bits per heavy atom. The van der Waals surface area contributed by atoms with Crippen molar-refractivity contribution < 1.29 is 17.6 Å². The fraction of sp³-hybridized carbons (Fsp3) is 0.417. The van der Waals surface area contributed by atoms with Gasteiger partial charge in [-0.1, -0.05) is 6.92 Å². The number of nitriles is 1. The van der Waals surface area contributed by atoms with Gasteiger partial charge in [-0.2, -0.15) is 18.4 Å². The fourth-order valence-electron chi connectivity index (χ4n) is 1.44. The lowest BCUT2D eigenvalue weighted by Gasteiger charge is -2.17. The predicted octanol–water partition coefficient (Wildman–Crippen LogP) is 3.95. The molecular formula is C12H12F4N2. The smallest absolute Gasteiger partial charge is 0.379 e. The van der Waals surface area contributed by atoms with Crippen molar-refractivity contribution in [3.05, 3.63) is 29.6 Å². The summed E-state index contributed by atoms with van der Waals surface area (Å²) in [6.07, 6.45) is -3.89. The number of anilines is 1. The average Bonchev–Trinajstić information content (AvgIpc) is 2.29. The first-order valence-electron chi connectivity index (χ1n) is 5.38. The Labute approximate surface area is 102 Å². The summed E-state index contributed by atoms with van der Waals surface area (Å²) in [6, 6.07) is 3.70. The molecular weight excluding hydrogens is 248 g/mol. The minimum Gasteiger partial charge on any atom is -0.379 e. The molecule has 1 aromatic rings. The second-order valence-corrected chi connectivity index (χ2v) is 3.80. The van der Waals surface area contributed by atoms with Gasteiger partial charge < -0.3 is 5.32 Å². The molecule has 0 amide bonds. The van der Waals surface area contributed by atoms with Crippen LogP contribution in [-0.2, 0) is 6.18 Å². The zero-order chi connectivity index (χ0) is 13.8. The Bertz CT molecular complexity index is 448. The van der Waals surface area contributed by atoms with E-state index in [4.69, 9.17) is 5.26 Å². The van der Waals surface area contributed by atoms with Crippen molar-refractivity contribution in [1.82, 2.24) is 0 Å². The Morgan fingerprint density at radius 3 is 2.56 bits per heavy atom. The van der Waals surface area contributed by atoms with Crippen molar-refractivity contribution in [2.75, 3.05) is 5.32 Å². The van der Waals surface area contributed by atoms with Crippen molar-refractivity contribution in [2.45, 2.75) is 32.0 Å². The van der Waals surface area contributed by atoms with Crippen molar-refractivity contribution in [2.24, 2.45) is 0 Å². The van der Waals surface area contributed by atoms with Crippen LogP contribution in [0, 0.1) is 17.1 Å². The van der Waals surface area contributed by atoms with Crippen molar-refractivity contribution in [3.8, 4) is 6.07 Å². The van der Waals surface area contributed by atoms with Gasteiger partial charge in [-0.05, 0) is 24.6 Å². The highest BCUT2D eigenvalue weighted by Gasteiger charge is 2.31. The molecule has 1 atom stereocenters. The third kappa shape index (κ3) is 3.62. The van der Waals surface area contributed by atoms with Crippen LogP contribution in [-0.4, -0.2) is 6.04 Å². The van der Waals surface area contributed by atoms with Crippen LogP contribution in [0.5, 0.6) is 0 Å². The van der Waals surface area contributed by atoms with Gasteiger partial charge in [0.25, 0.3) is 0 Å². The van der Waals surface area contributed by atoms with Gasteiger partial charge in [0.05, 0.1) is 23.7 Å². The van der Waals surface area contributed by atoms with Crippen molar-refractivity contribution in [1.29, 1.82) is 5.26 Å². The molecule has 1 aromatic carbocycles. The molecule has 98 valence electrons. The van der Waals surface area contributed by atoms with Gasteiger partial charge in [0.1, 0.15) is 5.82 Å². The minimum absolute atomic E-state index is 0.103. The Balaban J connectivity index is 2.98. The molecule has 1 unspecified atom stereocenters. The van der Waals surface area contributed by atoms with E-state index in [-0.39, 0.29) is 18.2 Å². The van der Waals surface area contributed by atoms with Gasteiger partial charge in [-0.3, -0.25) is 0 Å². The summed E-state index contributed by atoms with van der Waals surface area (Å²) in [5, 5.41) is 11.1. The van der Waals surface area contributed by atoms with E-state index in [0.29, 0.717) is 12.5 Å². The second kappa shape index (κ2) is 5.71. The van der Waals surface area contributed by atoms with E-state index in [1.54, 1.807) is 6.92 Å². The number of rotatable bonds is 4. The SMILES string of the molecule is CCC(CC#N)Nc1cc(C(F)(F)F)ccc1F. The van der Waals surface area contributed by atoms with Crippen LogP contribution in [0.4, 0.5) is 23.2 Å². The average molecular weight is 260 g/mol. The number of nitrogens with one attached hydrogen (secondary N) is 1. The molecule has 1 rings (SSSR count). The standard InChI is InChI=1S/C12H12F4N2/c1-2-9(5-6-17)18-11-7-8(12(14,15)16)3-4-10(11)13/h3-4,7,9,18H,2,5H2,1H3. The second-order valence-electron chi connectivity index (χ2n) is 3.80. The maximum absolute atomic E-state index is 13.4. The third-order valence-corrected chi connectivity index (χ3v) is 2.48. The number of benzene rings is 1. The molecule has 0 aliphatic rings. The van der Waals surface area contributed by atoms with E-state index in [1.807, 2.05) is 6.07 Å². The molecule has 6 heteroatoms. The molecule has 0 fully saturated rings. The van der Waals surface area contributed by atoms with Crippen LogP contribution < -0.4 is 5.32 Å². The lowest BCUT2D eigenvalue weighted by molar-refractivity contribution is -0.137. The summed E-state index contributed by atoms with van der Waals surface area (Å²) in [6.45, 7) is 1.76. The van der Waals surface area contributed by atoms with Gasteiger partial charge in [0.2, 0.25) is 0 Å². The lowest BCUT2D eigenvalue weighted by Crippen LogP contribution is -2.19. The molecule has 1 N–H and O–H groups in total. The summed E-state index contributed by atoms with van der Waals surface area (Å²) in [5.74, 6) is -0.764. The van der Waals surface area contributed by atoms with E-state index in [0.717, 1.165) is 12.1 Å². The molecule has 18 heavy (non-hydrogen) atoms. The Hall–Kier alpha value is -1.77. The number of nitrogens with zero attached hydrogens (tertiary/aromatic N) is 1. The van der Waals surface area contributed by atoms with Gasteiger partial charge in [-0.15, -0.1) is 0 Å². The summed E-state index contributed by atoms with van der Waals surface area (Å²) in [7, 11) is 0. The van der Waals surface area contributed by atoms with Crippen LogP contribution in [0.1, 0.15) is 25.3 Å². The Kier molecular flexibility index (Phi) is 4.54. The van der Waals surface area contributed by atoms with Gasteiger partial charge >= 0.3 is 6.18 Å². The molecule has 0 bridgehead atoms. The monoisotopic (exact) mass is 260 g/mol. The number of halogens is 4. The number of hydrogen-bond acceptors (Lipinski definition) is 2. The number of hydrogen-bond donors (Lipinski definition) is 1. The molecule has 0 aliphatic carbocycles. The van der Waals surface area contributed by atoms with Crippen LogP contribution in [0.3, 0.4) is 0 Å². The lowest BCUT2D eigenvalue weighted by atomic mass is 10.1. The van der Waals surface area contributed by atoms with E-state index in [1.165, 1.54) is 0 Å². The van der Waals surface area contributed by atoms with Crippen molar-refractivity contribution >= 4 is 5.69 Å². The minimum atomic E-state index is -4.51. The molecule has 0 aliphatic heterocycles. The molecule has 0 spiro atoms. The van der Waals surface area contributed by atoms with Crippen molar-refractivity contribution in [3.63, 3.8) is 0 Å². The number of alkyl halides is 3. The summed E-state index contributed by atoms with van der Waals surface area (Å²) in [4.78, 5) is 0. The quantitative estimate of drug-likeness (QED) is 0.832. The first-order chi connectivity index (χ1) is 8.38. The highest BCUT2D eigenvalue weighted by molar-refractivity contribution is 5.48. The van der Waals surface area contributed by atoms with Crippen LogP contribution in [0.25, 0.3) is 0 Å². The molecule has 2 nitrogen and oxygen atoms in total. The molecule has 0 aromatic heterocycles. The van der Waals surface area contributed by atoms with Crippen LogP contribution >= 0.6 is 0 Å². The molecule has 0 saturated carbocycles. The summed E-state index contributed by atoms with van der Waals surface area (Å²) < 4.78 is 50.8. The maximum Gasteiger partial charge on any atom is 0.416 e. The fourth-order valence-corrected chi connectivity index (χ4v) is 1.44. The summed E-state index contributed by atoms with van der Waals surface area (Å²) in [5.41, 5.74) is -1.15. The maximum atomic E-state index is 13.4. The molecule has 0 heterocycles. The zero-order valence-electron chi connectivity index (χ0n) is 9.68. The molecule has 0 radical (unpaired) electrons. The van der Waals surface area contributed by atoms with E-state index < -0.39 is 17.6 Å². The predicted molar refractivity (Wildman–Crippen MR) is 59.3 cm³/mol. The zero-order valence-corrected chi connectivity index (χ0v) is 9.68. The Morgan fingerprint density at radius 1 is 1.39 bits per heavy atom. The first-order valence-corrected chi connectivity index (χ1v) is 5.38. The molecule has 0 saturated heterocycles. The summed E-state index contributed by atoms with van der Waals surface area (Å²) >= 11 is 0. The van der Waals surface area contributed by atoms with Gasteiger partial charge in [-0.25, -0.2) is 4.39 Å². The highest BCUT2D eigenvalue weighted by Crippen LogP contribution is 2.32. The largest absolute Gasteiger partial charge is 0.416 e. The first kappa shape index (κ1) is 14.3. The van der Waals surface area contributed by atoms with Crippen LogP contribution in [0.15, 0.2) is 18.2 Å². The van der Waals surface area contributed by atoms with E-state index >= 15 is 0 Å². The van der Waals surface area contributed by atoms with Gasteiger partial charge in [0.15, 0.2) is 0 Å².